The number of ether oxygens (including phenoxy) is 11. The van der Waals surface area contributed by atoms with E-state index in [-0.39, 0.29) is 78.4 Å². The molecule has 24 unspecified atom stereocenters. The van der Waals surface area contributed by atoms with Crippen molar-refractivity contribution in [3.8, 4) is 0 Å². The third-order valence-corrected chi connectivity index (χ3v) is 16.9. The van der Waals surface area contributed by atoms with Gasteiger partial charge in [-0.25, -0.2) is 0 Å². The van der Waals surface area contributed by atoms with Crippen molar-refractivity contribution in [2.45, 2.75) is 230 Å². The first kappa shape index (κ1) is 48.9. The van der Waals surface area contributed by atoms with Crippen molar-refractivity contribution in [1.82, 2.24) is 0 Å². The van der Waals surface area contributed by atoms with Crippen molar-refractivity contribution in [3.63, 3.8) is 0 Å². The largest absolute Gasteiger partial charge is 0.481 e. The molecule has 0 radical (unpaired) electrons. The van der Waals surface area contributed by atoms with Crippen LogP contribution in [0.3, 0.4) is 0 Å². The minimum Gasteiger partial charge on any atom is -0.481 e. The summed E-state index contributed by atoms with van der Waals surface area (Å²) in [6.45, 7) is 19.7. The van der Waals surface area contributed by atoms with E-state index in [1.165, 1.54) is 6.92 Å². The highest BCUT2D eigenvalue weighted by molar-refractivity contribution is 5.70. The molecule has 0 aromatic carbocycles. The Morgan fingerprint density at radius 2 is 1.44 bits per heavy atom. The average molecular weight is 885 g/mol. The van der Waals surface area contributed by atoms with Crippen molar-refractivity contribution in [3.05, 3.63) is 0 Å². The topological polar surface area (TPSA) is 179 Å². The smallest absolute Gasteiger partial charge is 0.311 e. The van der Waals surface area contributed by atoms with Crippen molar-refractivity contribution in [2.75, 3.05) is 21.3 Å². The predicted octanol–water partition coefficient (Wildman–Crippen LogP) is 5.82. The van der Waals surface area contributed by atoms with Crippen LogP contribution in [0, 0.1) is 41.4 Å². The second kappa shape index (κ2) is 18.6. The Morgan fingerprint density at radius 3 is 2.08 bits per heavy atom. The molecule has 358 valence electrons. The molecule has 62 heavy (non-hydrogen) atoms. The molecule has 7 rings (SSSR count). The molecule has 1 spiro atoms. The first-order valence-corrected chi connectivity index (χ1v) is 23.7. The van der Waals surface area contributed by atoms with Gasteiger partial charge in [0.1, 0.15) is 12.0 Å². The van der Waals surface area contributed by atoms with Crippen LogP contribution in [0.15, 0.2) is 0 Å². The predicted molar refractivity (Wildman–Crippen MR) is 225 cm³/mol. The number of methoxy groups -OCH3 is 3. The third-order valence-electron chi connectivity index (χ3n) is 16.9. The molecule has 0 amide bonds. The zero-order valence-electron chi connectivity index (χ0n) is 39.7. The number of carboxylic acid groups (broad SMARTS) is 1. The van der Waals surface area contributed by atoms with Gasteiger partial charge in [-0.15, -0.1) is 0 Å². The van der Waals surface area contributed by atoms with E-state index in [0.29, 0.717) is 32.1 Å². The third kappa shape index (κ3) is 8.92. The van der Waals surface area contributed by atoms with Gasteiger partial charge in [0.05, 0.1) is 72.7 Å². The Balaban J connectivity index is 1.12. The molecule has 0 aliphatic carbocycles. The first-order valence-electron chi connectivity index (χ1n) is 23.7. The highest BCUT2D eigenvalue weighted by Gasteiger charge is 2.66. The summed E-state index contributed by atoms with van der Waals surface area (Å²) < 4.78 is 72.5. The quantitative estimate of drug-likeness (QED) is 0.213. The Hall–Kier alpha value is -1.05. The molecule has 7 saturated heterocycles. The van der Waals surface area contributed by atoms with Gasteiger partial charge in [-0.1, -0.05) is 41.5 Å². The maximum absolute atomic E-state index is 12.2. The van der Waals surface area contributed by atoms with Gasteiger partial charge in [-0.3, -0.25) is 4.79 Å². The Morgan fingerprint density at radius 1 is 0.742 bits per heavy atom. The Labute approximate surface area is 369 Å². The maximum atomic E-state index is 12.2. The normalized spacial score (nSPS) is 54.2. The van der Waals surface area contributed by atoms with Crippen molar-refractivity contribution in [2.24, 2.45) is 41.4 Å². The average Bonchev–Trinajstić information content (AvgIpc) is 3.94. The van der Waals surface area contributed by atoms with Gasteiger partial charge in [-0.05, 0) is 65.7 Å². The molecule has 0 aromatic rings. The van der Waals surface area contributed by atoms with E-state index in [2.05, 4.69) is 27.7 Å². The fourth-order valence-electron chi connectivity index (χ4n) is 12.9. The number of hydrogen-bond acceptors (Lipinski definition) is 14. The highest BCUT2D eigenvalue weighted by Crippen LogP contribution is 2.56. The summed E-state index contributed by atoms with van der Waals surface area (Å²) in [5.74, 6) is -7.31. The molecule has 7 heterocycles. The minimum absolute atomic E-state index is 0.00152. The van der Waals surface area contributed by atoms with Crippen LogP contribution in [0.4, 0.5) is 0 Å². The molecular weight excluding hydrogens is 805 g/mol. The zero-order valence-corrected chi connectivity index (χ0v) is 39.7. The maximum Gasteiger partial charge on any atom is 0.311 e. The summed E-state index contributed by atoms with van der Waals surface area (Å²) in [6.07, 6.45) is 2.19. The van der Waals surface area contributed by atoms with Gasteiger partial charge >= 0.3 is 5.97 Å². The van der Waals surface area contributed by atoms with E-state index < -0.39 is 71.5 Å². The van der Waals surface area contributed by atoms with E-state index in [1.807, 2.05) is 20.8 Å². The van der Waals surface area contributed by atoms with Crippen LogP contribution in [0.25, 0.3) is 0 Å². The number of hydrogen-bond donors (Lipinski definition) is 3. The molecule has 7 aliphatic heterocycles. The monoisotopic (exact) mass is 885 g/mol. The molecule has 15 nitrogen and oxygen atoms in total. The van der Waals surface area contributed by atoms with E-state index in [4.69, 9.17) is 52.1 Å². The Bertz CT molecular complexity index is 1530. The lowest BCUT2D eigenvalue weighted by Crippen LogP contribution is -2.63. The fraction of sp³-hybridized carbons (Fsp3) is 0.979. The van der Waals surface area contributed by atoms with E-state index in [1.54, 1.807) is 35.2 Å². The van der Waals surface area contributed by atoms with Gasteiger partial charge in [0.25, 0.3) is 0 Å². The zero-order chi connectivity index (χ0) is 45.3. The van der Waals surface area contributed by atoms with Gasteiger partial charge in [0, 0.05) is 76.6 Å². The number of rotatable bonds is 12. The number of aliphatic carboxylic acids is 1. The molecule has 0 saturated carbocycles. The second-order valence-electron chi connectivity index (χ2n) is 21.0. The summed E-state index contributed by atoms with van der Waals surface area (Å²) in [7, 11) is 5.03. The van der Waals surface area contributed by atoms with Crippen LogP contribution in [0.1, 0.15) is 127 Å². The summed E-state index contributed by atoms with van der Waals surface area (Å²) >= 11 is 0. The molecule has 0 bridgehead atoms. The van der Waals surface area contributed by atoms with E-state index >= 15 is 0 Å². The summed E-state index contributed by atoms with van der Waals surface area (Å²) in [5, 5.41) is 32.9. The van der Waals surface area contributed by atoms with Gasteiger partial charge in [-0.2, -0.15) is 0 Å². The number of aliphatic hydroxyl groups is 2. The van der Waals surface area contributed by atoms with Gasteiger partial charge < -0.3 is 67.4 Å². The van der Waals surface area contributed by atoms with Crippen LogP contribution in [0.5, 0.6) is 0 Å². The second-order valence-corrected chi connectivity index (χ2v) is 21.0. The number of carboxylic acids is 1. The Kier molecular flexibility index (Phi) is 14.6. The lowest BCUT2D eigenvalue weighted by atomic mass is 9.74. The van der Waals surface area contributed by atoms with E-state index in [0.717, 1.165) is 25.7 Å². The molecule has 3 N–H and O–H groups in total. The highest BCUT2D eigenvalue weighted by atomic mass is 16.7. The van der Waals surface area contributed by atoms with Crippen LogP contribution in [-0.4, -0.2) is 145 Å². The lowest BCUT2D eigenvalue weighted by molar-refractivity contribution is -0.366. The van der Waals surface area contributed by atoms with Crippen LogP contribution < -0.4 is 0 Å². The first-order chi connectivity index (χ1) is 29.1. The SMILES string of the molecule is COC1CCC(OC2CC(C3CCC(C4OC(C)(O)C(C)CC4C)O3)OC2C2(C)CC(C)C3(OC(CC4OC(O)(C(C)C(=O)O)C(C)C(OC)C4C)CC(OC)C3C)O2)OC1C. The summed E-state index contributed by atoms with van der Waals surface area (Å²) in [5.41, 5.74) is -0.848. The molecule has 24 atom stereocenters. The summed E-state index contributed by atoms with van der Waals surface area (Å²) in [6, 6.07) is 0. The molecule has 7 fully saturated rings. The standard InChI is InChI=1S/C47H80O15/c1-23-18-24(2)45(10,50)61-40(23)34-15-14-33(56-34)37-21-38(57-39-17-16-32(52-11)30(8)55-39)42(58-37)44(9)22-25(3)47(62-44)27(5)36(53-12)20-31(59-47)19-35-26(4)41(54-13)28(6)46(51,60-35)29(7)43(48)49/h23-42,50-51H,14-22H2,1-13H3,(H,48,49). The number of carbonyl (C=O) groups is 1. The minimum atomic E-state index is -1.95. The van der Waals surface area contributed by atoms with Crippen molar-refractivity contribution < 1.29 is 72.2 Å². The molecule has 7 aliphatic rings. The van der Waals surface area contributed by atoms with Crippen molar-refractivity contribution in [1.29, 1.82) is 0 Å². The summed E-state index contributed by atoms with van der Waals surface area (Å²) in [4.78, 5) is 12.2. The van der Waals surface area contributed by atoms with Crippen LogP contribution in [0.2, 0.25) is 0 Å². The molecule has 0 aromatic heterocycles. The van der Waals surface area contributed by atoms with Crippen LogP contribution in [-0.2, 0) is 56.9 Å². The molecule has 15 heteroatoms. The van der Waals surface area contributed by atoms with Gasteiger partial charge in [0.15, 0.2) is 23.7 Å². The fourth-order valence-corrected chi connectivity index (χ4v) is 12.9. The van der Waals surface area contributed by atoms with E-state index in [9.17, 15) is 20.1 Å². The van der Waals surface area contributed by atoms with Crippen molar-refractivity contribution >= 4 is 5.97 Å². The molecular formula is C47H80O15. The lowest BCUT2D eigenvalue weighted by Gasteiger charge is -2.53. The van der Waals surface area contributed by atoms with Crippen LogP contribution >= 0.6 is 0 Å². The van der Waals surface area contributed by atoms with Gasteiger partial charge in [0.2, 0.25) is 0 Å².